The monoisotopic (exact) mass is 173 g/mol. The molecule has 0 aliphatic carbocycles. The van der Waals surface area contributed by atoms with Gasteiger partial charge in [0.2, 0.25) is 0 Å². The normalized spacial score (nSPS) is 9.90. The fraction of sp³-hybridized carbons (Fsp3) is 0.286. The summed E-state index contributed by atoms with van der Waals surface area (Å²) < 4.78 is 0. The quantitative estimate of drug-likeness (QED) is 0.479. The van der Waals surface area contributed by atoms with Gasteiger partial charge in [-0.05, 0) is 30.9 Å². The van der Waals surface area contributed by atoms with Crippen molar-refractivity contribution in [3.8, 4) is 0 Å². The van der Waals surface area contributed by atoms with E-state index in [2.05, 4.69) is 4.98 Å². The lowest BCUT2D eigenvalue weighted by Gasteiger charge is -1.97. The average molecular weight is 174 g/mol. The first-order chi connectivity index (χ1) is 4.72. The van der Waals surface area contributed by atoms with E-state index in [1.54, 1.807) is 11.8 Å². The highest BCUT2D eigenvalue weighted by Crippen LogP contribution is 2.16. The Hall–Kier alpha value is -0.210. The van der Waals surface area contributed by atoms with Gasteiger partial charge in [-0.1, -0.05) is 11.6 Å². The molecule has 0 bridgehead atoms. The molecule has 0 unspecified atom stereocenters. The number of aryl methyl sites for hydroxylation is 1. The van der Waals surface area contributed by atoms with Crippen molar-refractivity contribution in [2.75, 3.05) is 6.26 Å². The highest BCUT2D eigenvalue weighted by molar-refractivity contribution is 7.98. The minimum Gasteiger partial charge on any atom is -0.230 e. The van der Waals surface area contributed by atoms with Crippen LogP contribution in [-0.4, -0.2) is 11.2 Å². The van der Waals surface area contributed by atoms with Gasteiger partial charge in [-0.15, -0.1) is 11.8 Å². The summed E-state index contributed by atoms with van der Waals surface area (Å²) in [5, 5.41) is 1.55. The number of hydrogen-bond donors (Lipinski definition) is 0. The standard InChI is InChI=1S/C7H8ClNS/c1-5-3-6(8)9-7(4-5)10-2/h3-4H,1-2H3. The highest BCUT2D eigenvalue weighted by atomic mass is 35.5. The summed E-state index contributed by atoms with van der Waals surface area (Å²) in [6.07, 6.45) is 1.98. The maximum Gasteiger partial charge on any atom is 0.130 e. The van der Waals surface area contributed by atoms with E-state index in [9.17, 15) is 0 Å². The lowest BCUT2D eigenvalue weighted by Crippen LogP contribution is -1.81. The molecule has 1 rings (SSSR count). The topological polar surface area (TPSA) is 12.9 Å². The Morgan fingerprint density at radius 3 is 2.70 bits per heavy atom. The van der Waals surface area contributed by atoms with Crippen LogP contribution in [0, 0.1) is 6.92 Å². The SMILES string of the molecule is CSc1cc(C)cc(Cl)n1. The molecule has 0 spiro atoms. The number of pyridine rings is 1. The molecule has 10 heavy (non-hydrogen) atoms. The molecule has 0 aliphatic heterocycles. The van der Waals surface area contributed by atoms with Gasteiger partial charge in [0.15, 0.2) is 0 Å². The van der Waals surface area contributed by atoms with Crippen LogP contribution < -0.4 is 0 Å². The van der Waals surface area contributed by atoms with Crippen molar-refractivity contribution in [2.24, 2.45) is 0 Å². The van der Waals surface area contributed by atoms with E-state index < -0.39 is 0 Å². The van der Waals surface area contributed by atoms with Gasteiger partial charge < -0.3 is 0 Å². The molecule has 1 aromatic rings. The number of rotatable bonds is 1. The molecule has 0 aliphatic rings. The van der Waals surface area contributed by atoms with E-state index in [0.29, 0.717) is 5.15 Å². The summed E-state index contributed by atoms with van der Waals surface area (Å²) >= 11 is 7.31. The van der Waals surface area contributed by atoms with Crippen LogP contribution in [-0.2, 0) is 0 Å². The molecule has 1 heterocycles. The zero-order valence-electron chi connectivity index (χ0n) is 5.89. The first kappa shape index (κ1) is 7.89. The first-order valence-electron chi connectivity index (χ1n) is 2.90. The summed E-state index contributed by atoms with van der Waals surface area (Å²) in [7, 11) is 0. The zero-order valence-corrected chi connectivity index (χ0v) is 7.46. The third kappa shape index (κ3) is 1.89. The molecule has 1 aromatic heterocycles. The Balaban J connectivity index is 3.06. The third-order valence-corrected chi connectivity index (χ3v) is 1.95. The third-order valence-electron chi connectivity index (χ3n) is 1.12. The molecule has 0 saturated carbocycles. The lowest BCUT2D eigenvalue weighted by atomic mass is 10.3. The maximum atomic E-state index is 5.70. The summed E-state index contributed by atoms with van der Waals surface area (Å²) in [4.78, 5) is 4.08. The maximum absolute atomic E-state index is 5.70. The van der Waals surface area contributed by atoms with Crippen LogP contribution in [0.2, 0.25) is 5.15 Å². The van der Waals surface area contributed by atoms with Gasteiger partial charge in [-0.2, -0.15) is 0 Å². The van der Waals surface area contributed by atoms with Crippen LogP contribution in [0.3, 0.4) is 0 Å². The summed E-state index contributed by atoms with van der Waals surface area (Å²) in [6.45, 7) is 2.01. The van der Waals surface area contributed by atoms with E-state index in [0.717, 1.165) is 10.6 Å². The van der Waals surface area contributed by atoms with Gasteiger partial charge in [0.1, 0.15) is 5.15 Å². The van der Waals surface area contributed by atoms with Crippen molar-refractivity contribution in [3.05, 3.63) is 22.8 Å². The largest absolute Gasteiger partial charge is 0.230 e. The van der Waals surface area contributed by atoms with E-state index in [-0.39, 0.29) is 0 Å². The van der Waals surface area contributed by atoms with Crippen LogP contribution >= 0.6 is 23.4 Å². The van der Waals surface area contributed by atoms with Gasteiger partial charge in [0.05, 0.1) is 5.03 Å². The van der Waals surface area contributed by atoms with Crippen LogP contribution in [0.1, 0.15) is 5.56 Å². The molecule has 0 aromatic carbocycles. The van der Waals surface area contributed by atoms with Crippen LogP contribution in [0.15, 0.2) is 17.2 Å². The smallest absolute Gasteiger partial charge is 0.130 e. The molecule has 0 radical (unpaired) electrons. The molecular weight excluding hydrogens is 166 g/mol. The van der Waals surface area contributed by atoms with Gasteiger partial charge >= 0.3 is 0 Å². The number of aromatic nitrogens is 1. The Labute approximate surface area is 69.8 Å². The molecule has 3 heteroatoms. The summed E-state index contributed by atoms with van der Waals surface area (Å²) in [5.74, 6) is 0. The van der Waals surface area contributed by atoms with Crippen molar-refractivity contribution < 1.29 is 0 Å². The van der Waals surface area contributed by atoms with E-state index in [4.69, 9.17) is 11.6 Å². The second kappa shape index (κ2) is 3.26. The van der Waals surface area contributed by atoms with Crippen LogP contribution in [0.5, 0.6) is 0 Å². The number of nitrogens with zero attached hydrogens (tertiary/aromatic N) is 1. The van der Waals surface area contributed by atoms with Crippen LogP contribution in [0.4, 0.5) is 0 Å². The molecule has 0 N–H and O–H groups in total. The van der Waals surface area contributed by atoms with Crippen molar-refractivity contribution in [2.45, 2.75) is 11.9 Å². The van der Waals surface area contributed by atoms with E-state index in [1.807, 2.05) is 25.3 Å². The van der Waals surface area contributed by atoms with E-state index >= 15 is 0 Å². The Kier molecular flexibility index (Phi) is 2.57. The fourth-order valence-electron chi connectivity index (χ4n) is 0.699. The first-order valence-corrected chi connectivity index (χ1v) is 4.51. The minimum atomic E-state index is 0.573. The molecule has 0 atom stereocenters. The molecule has 1 nitrogen and oxygen atoms in total. The number of halogens is 1. The molecule has 0 fully saturated rings. The summed E-state index contributed by atoms with van der Waals surface area (Å²) in [5.41, 5.74) is 1.16. The molecule has 0 amide bonds. The van der Waals surface area contributed by atoms with Gasteiger partial charge in [0, 0.05) is 0 Å². The average Bonchev–Trinajstić information content (AvgIpc) is 1.85. The Morgan fingerprint density at radius 1 is 1.50 bits per heavy atom. The highest BCUT2D eigenvalue weighted by Gasteiger charge is 1.94. The van der Waals surface area contributed by atoms with Crippen molar-refractivity contribution in [3.63, 3.8) is 0 Å². The predicted octanol–water partition coefficient (Wildman–Crippen LogP) is 2.77. The Morgan fingerprint density at radius 2 is 2.20 bits per heavy atom. The number of hydrogen-bond acceptors (Lipinski definition) is 2. The van der Waals surface area contributed by atoms with Crippen molar-refractivity contribution in [1.29, 1.82) is 0 Å². The second-order valence-corrected chi connectivity index (χ2v) is 3.22. The minimum absolute atomic E-state index is 0.573. The summed E-state index contributed by atoms with van der Waals surface area (Å²) in [6, 6.07) is 3.86. The van der Waals surface area contributed by atoms with Crippen molar-refractivity contribution >= 4 is 23.4 Å². The second-order valence-electron chi connectivity index (χ2n) is 2.01. The zero-order chi connectivity index (χ0) is 7.56. The Bertz CT molecular complexity index is 217. The molecular formula is C7H8ClNS. The van der Waals surface area contributed by atoms with Crippen LogP contribution in [0.25, 0.3) is 0 Å². The predicted molar refractivity (Wildman–Crippen MR) is 45.8 cm³/mol. The van der Waals surface area contributed by atoms with E-state index in [1.165, 1.54) is 0 Å². The molecule has 54 valence electrons. The number of thioether (sulfide) groups is 1. The fourth-order valence-corrected chi connectivity index (χ4v) is 1.51. The lowest BCUT2D eigenvalue weighted by molar-refractivity contribution is 1.12. The van der Waals surface area contributed by atoms with Crippen molar-refractivity contribution in [1.82, 2.24) is 4.98 Å². The van der Waals surface area contributed by atoms with Gasteiger partial charge in [-0.25, -0.2) is 4.98 Å². The van der Waals surface area contributed by atoms with Gasteiger partial charge in [-0.3, -0.25) is 0 Å². The molecule has 0 saturated heterocycles. The van der Waals surface area contributed by atoms with Gasteiger partial charge in [0.25, 0.3) is 0 Å².